The third-order valence-electron chi connectivity index (χ3n) is 2.01. The number of hydrogen-bond acceptors (Lipinski definition) is 4. The van der Waals surface area contributed by atoms with Crippen LogP contribution in [0.3, 0.4) is 0 Å². The standard InChI is InChI=1S/C11H13N3O3/c1-17-11(16)13-9(10(15)14-12)7-8-5-3-2-4-6-8/h2-6H,7,12H2,1H3,(H,14,15). The van der Waals surface area contributed by atoms with Gasteiger partial charge in [-0.2, -0.15) is 4.99 Å². The number of hydrogen-bond donors (Lipinski definition) is 2. The van der Waals surface area contributed by atoms with Crippen molar-refractivity contribution >= 4 is 17.7 Å². The van der Waals surface area contributed by atoms with Crippen LogP contribution in [-0.4, -0.2) is 24.8 Å². The van der Waals surface area contributed by atoms with E-state index in [9.17, 15) is 9.59 Å². The van der Waals surface area contributed by atoms with Gasteiger partial charge in [0.15, 0.2) is 0 Å². The third-order valence-corrected chi connectivity index (χ3v) is 2.01. The highest BCUT2D eigenvalue weighted by atomic mass is 16.5. The van der Waals surface area contributed by atoms with Crippen molar-refractivity contribution in [3.63, 3.8) is 0 Å². The van der Waals surface area contributed by atoms with Crippen LogP contribution in [0, 0.1) is 0 Å². The number of hydrazine groups is 1. The molecule has 1 rings (SSSR count). The lowest BCUT2D eigenvalue weighted by atomic mass is 10.1. The molecule has 1 aromatic rings. The normalized spacial score (nSPS) is 10.8. The second-order valence-electron chi connectivity index (χ2n) is 3.16. The predicted molar refractivity (Wildman–Crippen MR) is 62.3 cm³/mol. The van der Waals surface area contributed by atoms with Crippen molar-refractivity contribution in [1.82, 2.24) is 5.43 Å². The first-order valence-electron chi connectivity index (χ1n) is 4.87. The maximum absolute atomic E-state index is 11.4. The monoisotopic (exact) mass is 235 g/mol. The van der Waals surface area contributed by atoms with Crippen LogP contribution in [0.2, 0.25) is 0 Å². The van der Waals surface area contributed by atoms with E-state index < -0.39 is 12.0 Å². The average molecular weight is 235 g/mol. The molecule has 6 heteroatoms. The Morgan fingerprint density at radius 3 is 2.53 bits per heavy atom. The highest BCUT2D eigenvalue weighted by Gasteiger charge is 2.13. The quantitative estimate of drug-likeness (QED) is 0.344. The molecule has 0 radical (unpaired) electrons. The van der Waals surface area contributed by atoms with Crippen molar-refractivity contribution in [2.24, 2.45) is 10.8 Å². The zero-order valence-corrected chi connectivity index (χ0v) is 9.34. The highest BCUT2D eigenvalue weighted by molar-refractivity contribution is 6.40. The molecule has 2 amide bonds. The molecule has 0 bridgehead atoms. The van der Waals surface area contributed by atoms with Gasteiger partial charge in [0.05, 0.1) is 7.11 Å². The van der Waals surface area contributed by atoms with Gasteiger partial charge < -0.3 is 4.74 Å². The van der Waals surface area contributed by atoms with E-state index in [0.29, 0.717) is 0 Å². The van der Waals surface area contributed by atoms with Crippen molar-refractivity contribution in [2.75, 3.05) is 7.11 Å². The van der Waals surface area contributed by atoms with Crippen LogP contribution in [0.4, 0.5) is 4.79 Å². The molecule has 1 aromatic carbocycles. The van der Waals surface area contributed by atoms with Crippen molar-refractivity contribution in [3.8, 4) is 0 Å². The summed E-state index contributed by atoms with van der Waals surface area (Å²) in [6.45, 7) is 0. The molecule has 0 aliphatic rings. The van der Waals surface area contributed by atoms with Gasteiger partial charge in [-0.15, -0.1) is 0 Å². The molecule has 0 spiro atoms. The predicted octanol–water partition coefficient (Wildman–Crippen LogP) is 0.426. The fourth-order valence-corrected chi connectivity index (χ4v) is 1.20. The topological polar surface area (TPSA) is 93.8 Å². The number of carbonyl (C=O) groups is 2. The SMILES string of the molecule is COC(=O)N=C(Cc1ccccc1)C(=O)NN. The minimum atomic E-state index is -0.834. The number of amides is 2. The number of nitrogens with zero attached hydrogens (tertiary/aromatic N) is 1. The number of nitrogens with two attached hydrogens (primary N) is 1. The van der Waals surface area contributed by atoms with Crippen LogP contribution in [0.1, 0.15) is 5.56 Å². The fourth-order valence-electron chi connectivity index (χ4n) is 1.20. The third kappa shape index (κ3) is 4.04. The summed E-state index contributed by atoms with van der Waals surface area (Å²) < 4.78 is 4.37. The van der Waals surface area contributed by atoms with Crippen LogP contribution in [0.5, 0.6) is 0 Å². The highest BCUT2D eigenvalue weighted by Crippen LogP contribution is 2.02. The Morgan fingerprint density at radius 2 is 2.00 bits per heavy atom. The summed E-state index contributed by atoms with van der Waals surface area (Å²) in [6, 6.07) is 9.13. The van der Waals surface area contributed by atoms with Crippen LogP contribution >= 0.6 is 0 Å². The number of nitrogens with one attached hydrogen (secondary N) is 1. The first kappa shape index (κ1) is 12.9. The Hall–Kier alpha value is -2.21. The van der Waals surface area contributed by atoms with E-state index in [1.54, 1.807) is 0 Å². The van der Waals surface area contributed by atoms with Crippen LogP contribution in [-0.2, 0) is 16.0 Å². The van der Waals surface area contributed by atoms with Crippen molar-refractivity contribution < 1.29 is 14.3 Å². The van der Waals surface area contributed by atoms with Crippen molar-refractivity contribution in [2.45, 2.75) is 6.42 Å². The fraction of sp³-hybridized carbons (Fsp3) is 0.182. The van der Waals surface area contributed by atoms with E-state index in [1.165, 1.54) is 7.11 Å². The Morgan fingerprint density at radius 1 is 1.35 bits per heavy atom. The van der Waals surface area contributed by atoms with E-state index in [0.717, 1.165) is 5.56 Å². The number of rotatable bonds is 3. The van der Waals surface area contributed by atoms with Gasteiger partial charge in [0.1, 0.15) is 5.71 Å². The molecule has 0 aliphatic carbocycles. The number of carbonyl (C=O) groups excluding carboxylic acids is 2. The summed E-state index contributed by atoms with van der Waals surface area (Å²) >= 11 is 0. The lowest BCUT2D eigenvalue weighted by Crippen LogP contribution is -2.37. The molecular formula is C11H13N3O3. The van der Waals surface area contributed by atoms with Crippen molar-refractivity contribution in [3.05, 3.63) is 35.9 Å². The molecule has 0 aromatic heterocycles. The molecule has 6 nitrogen and oxygen atoms in total. The molecule has 17 heavy (non-hydrogen) atoms. The van der Waals surface area contributed by atoms with Crippen molar-refractivity contribution in [1.29, 1.82) is 0 Å². The zero-order chi connectivity index (χ0) is 12.7. The molecule has 90 valence electrons. The van der Waals surface area contributed by atoms with E-state index in [-0.39, 0.29) is 12.1 Å². The van der Waals surface area contributed by atoms with Gasteiger partial charge >= 0.3 is 6.09 Å². The van der Waals surface area contributed by atoms with E-state index in [4.69, 9.17) is 5.84 Å². The number of benzene rings is 1. The summed E-state index contributed by atoms with van der Waals surface area (Å²) in [4.78, 5) is 25.9. The maximum atomic E-state index is 11.4. The molecule has 0 aliphatic heterocycles. The largest absolute Gasteiger partial charge is 0.451 e. The first-order valence-corrected chi connectivity index (χ1v) is 4.87. The second-order valence-corrected chi connectivity index (χ2v) is 3.16. The molecule has 0 saturated carbocycles. The van der Waals surface area contributed by atoms with Gasteiger partial charge in [-0.25, -0.2) is 10.6 Å². The minimum absolute atomic E-state index is 0.00514. The molecule has 0 atom stereocenters. The molecule has 0 unspecified atom stereocenters. The van der Waals surface area contributed by atoms with E-state index >= 15 is 0 Å². The lowest BCUT2D eigenvalue weighted by Gasteiger charge is -2.04. The van der Waals surface area contributed by atoms with Crippen LogP contribution in [0.25, 0.3) is 0 Å². The Bertz CT molecular complexity index is 429. The van der Waals surface area contributed by atoms with Crippen LogP contribution in [0.15, 0.2) is 35.3 Å². The molecule has 0 heterocycles. The Balaban J connectivity index is 2.89. The van der Waals surface area contributed by atoms with Gasteiger partial charge in [-0.1, -0.05) is 30.3 Å². The number of methoxy groups -OCH3 is 1. The molecule has 0 fully saturated rings. The smallest absolute Gasteiger partial charge is 0.433 e. The maximum Gasteiger partial charge on any atom is 0.433 e. The molecular weight excluding hydrogens is 222 g/mol. The number of aliphatic imine (C=N–C) groups is 1. The Kier molecular flexibility index (Phi) is 4.83. The van der Waals surface area contributed by atoms with Gasteiger partial charge in [-0.3, -0.25) is 10.2 Å². The number of ether oxygens (including phenoxy) is 1. The summed E-state index contributed by atoms with van der Waals surface area (Å²) in [5, 5.41) is 0. The second kappa shape index (κ2) is 6.39. The van der Waals surface area contributed by atoms with Gasteiger partial charge in [0.25, 0.3) is 5.91 Å². The van der Waals surface area contributed by atoms with Gasteiger partial charge in [-0.05, 0) is 5.56 Å². The average Bonchev–Trinajstić information content (AvgIpc) is 2.38. The Labute approximate surface area is 98.4 Å². The minimum Gasteiger partial charge on any atom is -0.451 e. The van der Waals surface area contributed by atoms with E-state index in [2.05, 4.69) is 9.73 Å². The van der Waals surface area contributed by atoms with Crippen LogP contribution < -0.4 is 11.3 Å². The summed E-state index contributed by atoms with van der Waals surface area (Å²) in [5.41, 5.74) is 2.79. The van der Waals surface area contributed by atoms with Gasteiger partial charge in [0, 0.05) is 6.42 Å². The van der Waals surface area contributed by atoms with E-state index in [1.807, 2.05) is 35.8 Å². The summed E-state index contributed by atoms with van der Waals surface area (Å²) in [7, 11) is 1.19. The zero-order valence-electron chi connectivity index (χ0n) is 9.34. The summed E-state index contributed by atoms with van der Waals surface area (Å²) in [5.74, 6) is 4.40. The molecule has 3 N–H and O–H groups in total. The van der Waals surface area contributed by atoms with Gasteiger partial charge in [0.2, 0.25) is 0 Å². The summed E-state index contributed by atoms with van der Waals surface area (Å²) in [6.07, 6.45) is -0.626. The first-order chi connectivity index (χ1) is 8.17. The molecule has 0 saturated heterocycles. The lowest BCUT2D eigenvalue weighted by molar-refractivity contribution is -0.115.